The molecule has 1 saturated heterocycles. The van der Waals surface area contributed by atoms with Crippen LogP contribution in [0, 0.1) is 5.82 Å². The fourth-order valence-corrected chi connectivity index (χ4v) is 1.92. The molecule has 1 atom stereocenters. The van der Waals surface area contributed by atoms with E-state index in [-0.39, 0.29) is 11.6 Å². The quantitative estimate of drug-likeness (QED) is 0.765. The minimum Gasteiger partial charge on any atom is -0.368 e. The highest BCUT2D eigenvalue weighted by molar-refractivity contribution is 5.93. The molecule has 5 heteroatoms. The zero-order valence-electron chi connectivity index (χ0n) is 8.82. The van der Waals surface area contributed by atoms with Gasteiger partial charge in [-0.05, 0) is 24.6 Å². The third kappa shape index (κ3) is 1.99. The van der Waals surface area contributed by atoms with Gasteiger partial charge in [0, 0.05) is 24.7 Å². The van der Waals surface area contributed by atoms with Gasteiger partial charge in [0.15, 0.2) is 0 Å². The summed E-state index contributed by atoms with van der Waals surface area (Å²) >= 11 is 0. The van der Waals surface area contributed by atoms with Crippen molar-refractivity contribution >= 4 is 11.6 Å². The molecule has 1 heterocycles. The second-order valence-electron chi connectivity index (χ2n) is 4.03. The zero-order chi connectivity index (χ0) is 11.7. The average molecular weight is 223 g/mol. The number of amides is 1. The third-order valence-electron chi connectivity index (χ3n) is 2.80. The van der Waals surface area contributed by atoms with Crippen LogP contribution in [0.5, 0.6) is 0 Å². The van der Waals surface area contributed by atoms with Crippen LogP contribution in [0.25, 0.3) is 0 Å². The lowest BCUT2D eigenvalue weighted by atomic mass is 10.2. The number of benzene rings is 1. The standard InChI is InChI=1S/C11H14FN3O/c12-9-5-7(11(14)16)1-2-10(9)15-4-3-8(13)6-15/h1-2,5,8H,3-4,6,13H2,(H2,14,16). The maximum absolute atomic E-state index is 13.7. The molecule has 2 rings (SSSR count). The van der Waals surface area contributed by atoms with E-state index in [0.717, 1.165) is 13.0 Å². The van der Waals surface area contributed by atoms with Crippen LogP contribution in [-0.2, 0) is 0 Å². The predicted molar refractivity (Wildman–Crippen MR) is 59.7 cm³/mol. The van der Waals surface area contributed by atoms with Crippen LogP contribution < -0.4 is 16.4 Å². The monoisotopic (exact) mass is 223 g/mol. The molecule has 1 aromatic rings. The van der Waals surface area contributed by atoms with Crippen LogP contribution in [0.4, 0.5) is 10.1 Å². The molecule has 16 heavy (non-hydrogen) atoms. The lowest BCUT2D eigenvalue weighted by Gasteiger charge is -2.18. The molecular formula is C11H14FN3O. The van der Waals surface area contributed by atoms with E-state index in [0.29, 0.717) is 12.2 Å². The van der Waals surface area contributed by atoms with Crippen LogP contribution in [0.3, 0.4) is 0 Å². The molecular weight excluding hydrogens is 209 g/mol. The van der Waals surface area contributed by atoms with E-state index in [1.165, 1.54) is 12.1 Å². The number of hydrogen-bond acceptors (Lipinski definition) is 3. The fourth-order valence-electron chi connectivity index (χ4n) is 1.92. The van der Waals surface area contributed by atoms with Gasteiger partial charge in [-0.2, -0.15) is 0 Å². The second-order valence-corrected chi connectivity index (χ2v) is 4.03. The summed E-state index contributed by atoms with van der Waals surface area (Å²) in [4.78, 5) is 12.7. The first-order valence-corrected chi connectivity index (χ1v) is 5.18. The van der Waals surface area contributed by atoms with E-state index >= 15 is 0 Å². The van der Waals surface area contributed by atoms with Crippen LogP contribution in [0.2, 0.25) is 0 Å². The Labute approximate surface area is 93.0 Å². The number of hydrogen-bond donors (Lipinski definition) is 2. The Balaban J connectivity index is 2.26. The van der Waals surface area contributed by atoms with Gasteiger partial charge in [0.2, 0.25) is 5.91 Å². The number of primary amides is 1. The van der Waals surface area contributed by atoms with Crippen molar-refractivity contribution in [2.45, 2.75) is 12.5 Å². The van der Waals surface area contributed by atoms with Crippen LogP contribution in [0.1, 0.15) is 16.8 Å². The van der Waals surface area contributed by atoms with Gasteiger partial charge in [-0.3, -0.25) is 4.79 Å². The Kier molecular flexibility index (Phi) is 2.78. The first kappa shape index (κ1) is 10.9. The Morgan fingerprint density at radius 3 is 2.75 bits per heavy atom. The summed E-state index contributed by atoms with van der Waals surface area (Å²) in [6, 6.07) is 4.37. The summed E-state index contributed by atoms with van der Waals surface area (Å²) < 4.78 is 13.7. The van der Waals surface area contributed by atoms with Gasteiger partial charge in [0.1, 0.15) is 5.82 Å². The van der Waals surface area contributed by atoms with Gasteiger partial charge in [0.05, 0.1) is 5.69 Å². The lowest BCUT2D eigenvalue weighted by Crippen LogP contribution is -2.27. The lowest BCUT2D eigenvalue weighted by molar-refractivity contribution is 0.1000. The van der Waals surface area contributed by atoms with Gasteiger partial charge >= 0.3 is 0 Å². The van der Waals surface area contributed by atoms with E-state index in [2.05, 4.69) is 0 Å². The number of rotatable bonds is 2. The van der Waals surface area contributed by atoms with E-state index < -0.39 is 11.7 Å². The van der Waals surface area contributed by atoms with Gasteiger partial charge in [-0.1, -0.05) is 0 Å². The molecule has 1 aliphatic heterocycles. The highest BCUT2D eigenvalue weighted by Gasteiger charge is 2.21. The number of nitrogens with two attached hydrogens (primary N) is 2. The Morgan fingerprint density at radius 2 is 2.25 bits per heavy atom. The molecule has 86 valence electrons. The van der Waals surface area contributed by atoms with E-state index in [1.807, 2.05) is 4.90 Å². The van der Waals surface area contributed by atoms with Crippen LogP contribution >= 0.6 is 0 Å². The first-order valence-electron chi connectivity index (χ1n) is 5.18. The molecule has 0 aliphatic carbocycles. The molecule has 0 bridgehead atoms. The maximum atomic E-state index is 13.7. The summed E-state index contributed by atoms with van der Waals surface area (Å²) in [5, 5.41) is 0. The van der Waals surface area contributed by atoms with Gasteiger partial charge in [-0.15, -0.1) is 0 Å². The Hall–Kier alpha value is -1.62. The first-order chi connectivity index (χ1) is 7.58. The average Bonchev–Trinajstić information content (AvgIpc) is 2.64. The van der Waals surface area contributed by atoms with Crippen molar-refractivity contribution in [2.24, 2.45) is 11.5 Å². The molecule has 1 unspecified atom stereocenters. The van der Waals surface area contributed by atoms with Crippen molar-refractivity contribution in [2.75, 3.05) is 18.0 Å². The third-order valence-corrected chi connectivity index (χ3v) is 2.80. The maximum Gasteiger partial charge on any atom is 0.248 e. The van der Waals surface area contributed by atoms with Gasteiger partial charge in [0.25, 0.3) is 0 Å². The molecule has 0 saturated carbocycles. The van der Waals surface area contributed by atoms with E-state index in [1.54, 1.807) is 6.07 Å². The molecule has 4 nitrogen and oxygen atoms in total. The normalized spacial score (nSPS) is 20.1. The molecule has 0 radical (unpaired) electrons. The molecule has 1 aromatic carbocycles. The molecule has 1 aliphatic rings. The molecule has 1 fully saturated rings. The second kappa shape index (κ2) is 4.09. The Morgan fingerprint density at radius 1 is 1.50 bits per heavy atom. The van der Waals surface area contributed by atoms with E-state index in [9.17, 15) is 9.18 Å². The topological polar surface area (TPSA) is 72.4 Å². The minimum atomic E-state index is -0.622. The summed E-state index contributed by atoms with van der Waals surface area (Å²) in [5.41, 5.74) is 11.5. The smallest absolute Gasteiger partial charge is 0.248 e. The Bertz CT molecular complexity index is 422. The number of carbonyl (C=O) groups excluding carboxylic acids is 1. The highest BCUT2D eigenvalue weighted by Crippen LogP contribution is 2.23. The van der Waals surface area contributed by atoms with Gasteiger partial charge in [-0.25, -0.2) is 4.39 Å². The van der Waals surface area contributed by atoms with Crippen molar-refractivity contribution in [1.82, 2.24) is 0 Å². The summed E-state index contributed by atoms with van der Waals surface area (Å²) in [5.74, 6) is -1.05. The summed E-state index contributed by atoms with van der Waals surface area (Å²) in [6.07, 6.45) is 0.858. The number of halogens is 1. The summed E-state index contributed by atoms with van der Waals surface area (Å²) in [6.45, 7) is 1.39. The van der Waals surface area contributed by atoms with Crippen molar-refractivity contribution < 1.29 is 9.18 Å². The van der Waals surface area contributed by atoms with Crippen molar-refractivity contribution in [3.63, 3.8) is 0 Å². The summed E-state index contributed by atoms with van der Waals surface area (Å²) in [7, 11) is 0. The number of anilines is 1. The molecule has 0 spiro atoms. The SMILES string of the molecule is NC(=O)c1ccc(N2CCC(N)C2)c(F)c1. The number of carbonyl (C=O) groups is 1. The van der Waals surface area contributed by atoms with Gasteiger partial charge < -0.3 is 16.4 Å². The molecule has 1 amide bonds. The predicted octanol–water partition coefficient (Wildman–Crippen LogP) is 0.462. The minimum absolute atomic E-state index is 0.0928. The zero-order valence-corrected chi connectivity index (χ0v) is 8.82. The van der Waals surface area contributed by atoms with Crippen LogP contribution in [0.15, 0.2) is 18.2 Å². The van der Waals surface area contributed by atoms with Crippen LogP contribution in [-0.4, -0.2) is 25.0 Å². The largest absolute Gasteiger partial charge is 0.368 e. The number of nitrogens with zero attached hydrogens (tertiary/aromatic N) is 1. The highest BCUT2D eigenvalue weighted by atomic mass is 19.1. The molecule has 4 N–H and O–H groups in total. The van der Waals surface area contributed by atoms with E-state index in [4.69, 9.17) is 11.5 Å². The molecule has 0 aromatic heterocycles. The fraction of sp³-hybridized carbons (Fsp3) is 0.364. The van der Waals surface area contributed by atoms with Crippen molar-refractivity contribution in [3.8, 4) is 0 Å². The van der Waals surface area contributed by atoms with Crippen molar-refractivity contribution in [1.29, 1.82) is 0 Å². The van der Waals surface area contributed by atoms with Crippen molar-refractivity contribution in [3.05, 3.63) is 29.6 Å².